The van der Waals surface area contributed by atoms with Gasteiger partial charge in [0, 0.05) is 26.0 Å². The minimum Gasteiger partial charge on any atom is -0.480 e. The number of hydrogen-bond acceptors (Lipinski definition) is 7. The summed E-state index contributed by atoms with van der Waals surface area (Å²) in [5.41, 5.74) is 1.80. The highest BCUT2D eigenvalue weighted by Crippen LogP contribution is 2.35. The summed E-state index contributed by atoms with van der Waals surface area (Å²) in [7, 11) is 3.09. The van der Waals surface area contributed by atoms with Gasteiger partial charge in [-0.3, -0.25) is 4.79 Å². The van der Waals surface area contributed by atoms with Crippen molar-refractivity contribution in [3.05, 3.63) is 64.1 Å². The molecule has 0 atom stereocenters. The number of nitrogens with zero attached hydrogens (tertiary/aromatic N) is 4. The number of rotatable bonds is 7. The van der Waals surface area contributed by atoms with E-state index in [2.05, 4.69) is 20.3 Å². The van der Waals surface area contributed by atoms with Crippen molar-refractivity contribution in [2.75, 3.05) is 14.2 Å². The summed E-state index contributed by atoms with van der Waals surface area (Å²) in [5, 5.41) is 3.56. The van der Waals surface area contributed by atoms with Crippen LogP contribution < -0.4 is 10.1 Å². The summed E-state index contributed by atoms with van der Waals surface area (Å²) in [6, 6.07) is 4.87. The number of carbonyl (C=O) groups is 1. The molecule has 4 aromatic rings. The highest BCUT2D eigenvalue weighted by atomic mass is 32.1. The van der Waals surface area contributed by atoms with E-state index in [0.29, 0.717) is 43.9 Å². The van der Waals surface area contributed by atoms with E-state index in [1.807, 2.05) is 6.92 Å². The maximum absolute atomic E-state index is 14.6. The summed E-state index contributed by atoms with van der Waals surface area (Å²) in [6.07, 6.45) is 3.32. The molecule has 0 spiro atoms. The molecule has 3 aromatic heterocycles. The average Bonchev–Trinajstić information content (AvgIpc) is 3.35. The van der Waals surface area contributed by atoms with Crippen LogP contribution >= 0.6 is 11.3 Å². The minimum atomic E-state index is -0.387. The number of imidazole rings is 1. The molecule has 1 amide bonds. The van der Waals surface area contributed by atoms with Crippen LogP contribution in [0, 0.1) is 19.7 Å². The first kappa shape index (κ1) is 21.8. The number of amides is 1. The van der Waals surface area contributed by atoms with Crippen LogP contribution in [-0.4, -0.2) is 39.6 Å². The Morgan fingerprint density at radius 1 is 1.25 bits per heavy atom. The van der Waals surface area contributed by atoms with Gasteiger partial charge >= 0.3 is 0 Å². The summed E-state index contributed by atoms with van der Waals surface area (Å²) >= 11 is 1.26. The number of aryl methyl sites for hydroxylation is 2. The molecule has 0 aliphatic rings. The van der Waals surface area contributed by atoms with E-state index in [1.165, 1.54) is 24.5 Å². The zero-order valence-corrected chi connectivity index (χ0v) is 18.9. The first-order valence-electron chi connectivity index (χ1n) is 9.82. The van der Waals surface area contributed by atoms with Gasteiger partial charge in [-0.1, -0.05) is 6.07 Å². The molecule has 10 heteroatoms. The van der Waals surface area contributed by atoms with Crippen molar-refractivity contribution in [2.24, 2.45) is 0 Å². The lowest BCUT2D eigenvalue weighted by molar-refractivity contribution is 0.0954. The fraction of sp³-hybridized carbons (Fsp3) is 0.273. The summed E-state index contributed by atoms with van der Waals surface area (Å²) in [5.74, 6) is 0.922. The molecule has 0 saturated carbocycles. The summed E-state index contributed by atoms with van der Waals surface area (Å²) < 4.78 is 26.8. The van der Waals surface area contributed by atoms with E-state index in [-0.39, 0.29) is 24.9 Å². The van der Waals surface area contributed by atoms with Crippen LogP contribution in [0.15, 0.2) is 30.6 Å². The molecule has 0 fully saturated rings. The van der Waals surface area contributed by atoms with Crippen molar-refractivity contribution in [1.29, 1.82) is 0 Å². The van der Waals surface area contributed by atoms with Gasteiger partial charge in [0.1, 0.15) is 23.1 Å². The minimum absolute atomic E-state index is 0.185. The standard InChI is InChI=1S/C22H22FN5O3S/c1-12-18-21(31-4)26-17(11-30-3)27-22(18)32-19(12)20(29)25-10-14-5-6-16(15(23)9-14)28-8-7-24-13(28)2/h5-9H,10-11H2,1-4H3,(H,25,29). The van der Waals surface area contributed by atoms with Gasteiger partial charge in [0.15, 0.2) is 5.82 Å². The SMILES string of the molecule is COCc1nc(OC)c2c(C)c(C(=O)NCc3ccc(-n4ccnc4C)c(F)c3)sc2n1. The number of ether oxygens (including phenoxy) is 2. The van der Waals surface area contributed by atoms with Crippen LogP contribution in [0.25, 0.3) is 15.9 Å². The van der Waals surface area contributed by atoms with Crippen LogP contribution in [0.3, 0.4) is 0 Å². The Bertz CT molecular complexity index is 1300. The fourth-order valence-corrected chi connectivity index (χ4v) is 4.56. The molecule has 0 bridgehead atoms. The predicted octanol–water partition coefficient (Wildman–Crippen LogP) is 3.72. The lowest BCUT2D eigenvalue weighted by Crippen LogP contribution is -2.22. The number of hydrogen-bond donors (Lipinski definition) is 1. The number of nitrogens with one attached hydrogen (secondary N) is 1. The molecule has 1 aromatic carbocycles. The maximum atomic E-state index is 14.6. The van der Waals surface area contributed by atoms with Crippen LogP contribution in [-0.2, 0) is 17.9 Å². The van der Waals surface area contributed by atoms with Crippen molar-refractivity contribution in [1.82, 2.24) is 24.8 Å². The lowest BCUT2D eigenvalue weighted by Gasteiger charge is -2.09. The first-order valence-corrected chi connectivity index (χ1v) is 10.6. The Labute approximate surface area is 188 Å². The number of halogens is 1. The first-order chi connectivity index (χ1) is 15.4. The highest BCUT2D eigenvalue weighted by Gasteiger charge is 2.21. The second-order valence-corrected chi connectivity index (χ2v) is 8.13. The normalized spacial score (nSPS) is 11.2. The van der Waals surface area contributed by atoms with E-state index >= 15 is 0 Å². The maximum Gasteiger partial charge on any atom is 0.261 e. The lowest BCUT2D eigenvalue weighted by atomic mass is 10.1. The van der Waals surface area contributed by atoms with Crippen LogP contribution in [0.5, 0.6) is 5.88 Å². The van der Waals surface area contributed by atoms with Gasteiger partial charge in [-0.25, -0.2) is 14.4 Å². The van der Waals surface area contributed by atoms with Crippen LogP contribution in [0.2, 0.25) is 0 Å². The largest absolute Gasteiger partial charge is 0.480 e. The van der Waals surface area contributed by atoms with Gasteiger partial charge in [-0.05, 0) is 37.1 Å². The Morgan fingerprint density at radius 3 is 2.72 bits per heavy atom. The topological polar surface area (TPSA) is 91.2 Å². The monoisotopic (exact) mass is 455 g/mol. The number of aromatic nitrogens is 4. The molecule has 0 saturated heterocycles. The molecule has 0 unspecified atom stereocenters. The van der Waals surface area contributed by atoms with Crippen molar-refractivity contribution < 1.29 is 18.7 Å². The van der Waals surface area contributed by atoms with Crippen molar-refractivity contribution >= 4 is 27.5 Å². The van der Waals surface area contributed by atoms with E-state index in [1.54, 1.807) is 43.1 Å². The number of fused-ring (bicyclic) bond motifs is 1. The third-order valence-corrected chi connectivity index (χ3v) is 6.21. The molecule has 0 aliphatic heterocycles. The zero-order chi connectivity index (χ0) is 22.8. The predicted molar refractivity (Wildman–Crippen MR) is 119 cm³/mol. The number of thiophene rings is 1. The third-order valence-electron chi connectivity index (χ3n) is 5.03. The van der Waals surface area contributed by atoms with Gasteiger partial charge in [0.2, 0.25) is 5.88 Å². The molecule has 3 heterocycles. The third kappa shape index (κ3) is 4.06. The van der Waals surface area contributed by atoms with E-state index in [9.17, 15) is 9.18 Å². The van der Waals surface area contributed by atoms with E-state index in [4.69, 9.17) is 9.47 Å². The fourth-order valence-electron chi connectivity index (χ4n) is 3.45. The Kier molecular flexibility index (Phi) is 6.15. The number of methoxy groups -OCH3 is 2. The van der Waals surface area contributed by atoms with Crippen molar-refractivity contribution in [3.8, 4) is 11.6 Å². The van der Waals surface area contributed by atoms with E-state index < -0.39 is 0 Å². The summed E-state index contributed by atoms with van der Waals surface area (Å²) in [4.78, 5) is 27.0. The van der Waals surface area contributed by atoms with Crippen molar-refractivity contribution in [2.45, 2.75) is 27.0 Å². The molecular formula is C22H22FN5O3S. The van der Waals surface area contributed by atoms with Gasteiger partial charge < -0.3 is 19.4 Å². The average molecular weight is 456 g/mol. The Balaban J connectivity index is 1.55. The number of benzene rings is 1. The molecule has 166 valence electrons. The highest BCUT2D eigenvalue weighted by molar-refractivity contribution is 7.20. The quantitative estimate of drug-likeness (QED) is 0.457. The molecule has 32 heavy (non-hydrogen) atoms. The van der Waals surface area contributed by atoms with Gasteiger partial charge in [0.05, 0.1) is 23.1 Å². The van der Waals surface area contributed by atoms with Crippen molar-refractivity contribution in [3.63, 3.8) is 0 Å². The van der Waals surface area contributed by atoms with Crippen LogP contribution in [0.1, 0.15) is 32.4 Å². The molecule has 0 radical (unpaired) electrons. The van der Waals surface area contributed by atoms with Gasteiger partial charge in [-0.2, -0.15) is 4.98 Å². The van der Waals surface area contributed by atoms with Crippen LogP contribution in [0.4, 0.5) is 4.39 Å². The summed E-state index contributed by atoms with van der Waals surface area (Å²) in [6.45, 7) is 4.06. The second kappa shape index (κ2) is 9.01. The molecular weight excluding hydrogens is 433 g/mol. The van der Waals surface area contributed by atoms with Gasteiger partial charge in [0.25, 0.3) is 5.91 Å². The second-order valence-electron chi connectivity index (χ2n) is 7.13. The Morgan fingerprint density at radius 2 is 2.06 bits per heavy atom. The molecule has 4 rings (SSSR count). The molecule has 8 nitrogen and oxygen atoms in total. The Hall–Kier alpha value is -3.37. The van der Waals surface area contributed by atoms with Gasteiger partial charge in [-0.15, -0.1) is 11.3 Å². The number of carbonyl (C=O) groups excluding carboxylic acids is 1. The molecule has 1 N–H and O–H groups in total. The zero-order valence-electron chi connectivity index (χ0n) is 18.1. The van der Waals surface area contributed by atoms with E-state index in [0.717, 1.165) is 5.56 Å². The smallest absolute Gasteiger partial charge is 0.261 e. The molecule has 0 aliphatic carbocycles.